The number of carbonyl (C=O) groups is 2. The highest BCUT2D eigenvalue weighted by Crippen LogP contribution is 2.19. The van der Waals surface area contributed by atoms with Gasteiger partial charge in [-0.05, 0) is 61.4 Å². The minimum Gasteiger partial charge on any atom is -0.326 e. The predicted octanol–water partition coefficient (Wildman–Crippen LogP) is 5.21. The number of nitrogens with one attached hydrogen (secondary N) is 2. The second-order valence-electron chi connectivity index (χ2n) is 5.40. The van der Waals surface area contributed by atoms with Crippen molar-refractivity contribution in [3.8, 4) is 0 Å². The largest absolute Gasteiger partial charge is 0.326 e. The summed E-state index contributed by atoms with van der Waals surface area (Å²) in [5.41, 5.74) is 3.55. The van der Waals surface area contributed by atoms with E-state index in [2.05, 4.69) is 10.6 Å². The third kappa shape index (κ3) is 7.99. The second kappa shape index (κ2) is 9.30. The van der Waals surface area contributed by atoms with Crippen LogP contribution in [0.2, 0.25) is 10.0 Å². The van der Waals surface area contributed by atoms with E-state index in [1.807, 2.05) is 38.1 Å². The fourth-order valence-electron chi connectivity index (χ4n) is 2.02. The zero-order chi connectivity index (χ0) is 18.3. The lowest BCUT2D eigenvalue weighted by atomic mass is 10.2. The maximum atomic E-state index is 10.7. The minimum absolute atomic E-state index is 0.0864. The van der Waals surface area contributed by atoms with Crippen molar-refractivity contribution in [1.82, 2.24) is 0 Å². The van der Waals surface area contributed by atoms with Crippen molar-refractivity contribution in [2.24, 2.45) is 0 Å². The number of rotatable bonds is 2. The molecule has 0 spiro atoms. The molecule has 0 aliphatic rings. The highest BCUT2D eigenvalue weighted by molar-refractivity contribution is 6.31. The lowest BCUT2D eigenvalue weighted by Crippen LogP contribution is -2.05. The van der Waals surface area contributed by atoms with Crippen LogP contribution in [0.25, 0.3) is 0 Å². The maximum Gasteiger partial charge on any atom is 0.221 e. The van der Waals surface area contributed by atoms with Gasteiger partial charge in [0.2, 0.25) is 11.8 Å². The molecule has 2 N–H and O–H groups in total. The standard InChI is InChI=1S/2C9H10ClNO/c2*1-6-3-8(10)5-9(4-6)11-7(2)12/h2*3-5H,1-2H3,(H,11,12). The molecule has 0 aliphatic heterocycles. The quantitative estimate of drug-likeness (QED) is 0.765. The molecule has 0 saturated heterocycles. The van der Waals surface area contributed by atoms with Crippen LogP contribution in [0.1, 0.15) is 25.0 Å². The van der Waals surface area contributed by atoms with Crippen LogP contribution >= 0.6 is 23.2 Å². The van der Waals surface area contributed by atoms with Gasteiger partial charge in [0.1, 0.15) is 0 Å². The van der Waals surface area contributed by atoms with E-state index in [4.69, 9.17) is 23.2 Å². The van der Waals surface area contributed by atoms with Gasteiger partial charge in [-0.15, -0.1) is 0 Å². The number of hydrogen-bond acceptors (Lipinski definition) is 2. The number of hydrogen-bond donors (Lipinski definition) is 2. The van der Waals surface area contributed by atoms with Crippen LogP contribution in [0, 0.1) is 13.8 Å². The van der Waals surface area contributed by atoms with Crippen molar-refractivity contribution in [1.29, 1.82) is 0 Å². The van der Waals surface area contributed by atoms with Crippen LogP contribution in [0.3, 0.4) is 0 Å². The van der Waals surface area contributed by atoms with Gasteiger partial charge in [0.05, 0.1) is 0 Å². The Morgan fingerprint density at radius 1 is 0.708 bits per heavy atom. The second-order valence-corrected chi connectivity index (χ2v) is 6.27. The summed E-state index contributed by atoms with van der Waals surface area (Å²) in [4.78, 5) is 21.4. The molecule has 6 heteroatoms. The average Bonchev–Trinajstić information content (AvgIpc) is 2.34. The van der Waals surface area contributed by atoms with Crippen molar-refractivity contribution in [3.05, 3.63) is 57.6 Å². The predicted molar refractivity (Wildman–Crippen MR) is 101 cm³/mol. The molecule has 4 nitrogen and oxygen atoms in total. The third-order valence-electron chi connectivity index (χ3n) is 2.72. The van der Waals surface area contributed by atoms with E-state index in [1.54, 1.807) is 12.1 Å². The monoisotopic (exact) mass is 366 g/mol. The molecule has 2 amide bonds. The topological polar surface area (TPSA) is 58.2 Å². The van der Waals surface area contributed by atoms with E-state index in [-0.39, 0.29) is 11.8 Å². The molecule has 0 heterocycles. The minimum atomic E-state index is -0.0864. The first-order valence-corrected chi connectivity index (χ1v) is 8.01. The Kier molecular flexibility index (Phi) is 7.75. The van der Waals surface area contributed by atoms with Gasteiger partial charge in [-0.1, -0.05) is 23.2 Å². The van der Waals surface area contributed by atoms with E-state index < -0.39 is 0 Å². The third-order valence-corrected chi connectivity index (χ3v) is 3.16. The summed E-state index contributed by atoms with van der Waals surface area (Å²) < 4.78 is 0. The molecule has 0 radical (unpaired) electrons. The van der Waals surface area contributed by atoms with Gasteiger partial charge in [-0.3, -0.25) is 9.59 Å². The Hall–Kier alpha value is -2.04. The number of benzene rings is 2. The Morgan fingerprint density at radius 2 is 1.04 bits per heavy atom. The zero-order valence-corrected chi connectivity index (χ0v) is 15.5. The van der Waals surface area contributed by atoms with Crippen LogP contribution < -0.4 is 10.6 Å². The summed E-state index contributed by atoms with van der Waals surface area (Å²) in [5.74, 6) is -0.173. The van der Waals surface area contributed by atoms with E-state index in [9.17, 15) is 9.59 Å². The Labute approximate surface area is 152 Å². The number of carbonyl (C=O) groups excluding carboxylic acids is 2. The lowest BCUT2D eigenvalue weighted by Gasteiger charge is -2.03. The van der Waals surface area contributed by atoms with Crippen molar-refractivity contribution < 1.29 is 9.59 Å². The van der Waals surface area contributed by atoms with Crippen LogP contribution in [0.4, 0.5) is 11.4 Å². The zero-order valence-electron chi connectivity index (χ0n) is 14.0. The Balaban J connectivity index is 0.000000240. The molecule has 0 saturated carbocycles. The highest BCUT2D eigenvalue weighted by Gasteiger charge is 1.98. The fraction of sp³-hybridized carbons (Fsp3) is 0.222. The van der Waals surface area contributed by atoms with Crippen LogP contribution in [0.5, 0.6) is 0 Å². The summed E-state index contributed by atoms with van der Waals surface area (Å²) in [6.45, 7) is 6.79. The normalized spacial score (nSPS) is 9.58. The van der Waals surface area contributed by atoms with E-state index in [1.165, 1.54) is 13.8 Å². The molecule has 0 aliphatic carbocycles. The van der Waals surface area contributed by atoms with E-state index in [0.717, 1.165) is 22.5 Å². The van der Waals surface area contributed by atoms with Gasteiger partial charge < -0.3 is 10.6 Å². The summed E-state index contributed by atoms with van der Waals surface area (Å²) in [5, 5.41) is 6.60. The fourth-order valence-corrected chi connectivity index (χ4v) is 2.60. The van der Waals surface area contributed by atoms with Gasteiger partial charge in [0, 0.05) is 35.3 Å². The van der Waals surface area contributed by atoms with Crippen molar-refractivity contribution in [2.75, 3.05) is 10.6 Å². The van der Waals surface area contributed by atoms with Crippen LogP contribution in [-0.2, 0) is 9.59 Å². The van der Waals surface area contributed by atoms with E-state index >= 15 is 0 Å². The number of amides is 2. The number of aryl methyl sites for hydroxylation is 2. The number of halogens is 2. The van der Waals surface area contributed by atoms with Gasteiger partial charge in [0.25, 0.3) is 0 Å². The highest BCUT2D eigenvalue weighted by atomic mass is 35.5. The molecule has 24 heavy (non-hydrogen) atoms. The van der Waals surface area contributed by atoms with E-state index in [0.29, 0.717) is 10.0 Å². The first kappa shape index (κ1) is 20.0. The summed E-state index contributed by atoms with van der Waals surface area (Å²) in [7, 11) is 0. The molecule has 2 aromatic carbocycles. The first-order valence-electron chi connectivity index (χ1n) is 7.25. The molecule has 0 bridgehead atoms. The van der Waals surface area contributed by atoms with Gasteiger partial charge >= 0.3 is 0 Å². The van der Waals surface area contributed by atoms with Crippen molar-refractivity contribution >= 4 is 46.4 Å². The van der Waals surface area contributed by atoms with Crippen LogP contribution in [0.15, 0.2) is 36.4 Å². The molecule has 2 aromatic rings. The van der Waals surface area contributed by atoms with Crippen molar-refractivity contribution in [3.63, 3.8) is 0 Å². The molecular formula is C18H20Cl2N2O2. The van der Waals surface area contributed by atoms with Crippen LogP contribution in [-0.4, -0.2) is 11.8 Å². The molecule has 0 fully saturated rings. The smallest absolute Gasteiger partial charge is 0.221 e. The Morgan fingerprint density at radius 3 is 1.29 bits per heavy atom. The molecule has 0 unspecified atom stereocenters. The number of anilines is 2. The molecule has 0 atom stereocenters. The Bertz CT molecular complexity index is 642. The van der Waals surface area contributed by atoms with Gasteiger partial charge in [0.15, 0.2) is 0 Å². The van der Waals surface area contributed by atoms with Gasteiger partial charge in [-0.2, -0.15) is 0 Å². The maximum absolute atomic E-state index is 10.7. The first-order chi connectivity index (χ1) is 11.2. The van der Waals surface area contributed by atoms with Gasteiger partial charge in [-0.25, -0.2) is 0 Å². The summed E-state index contributed by atoms with van der Waals surface area (Å²) in [6, 6.07) is 10.9. The molecular weight excluding hydrogens is 347 g/mol. The SMILES string of the molecule is CC(=O)Nc1cc(C)cc(Cl)c1.CC(=O)Nc1cc(C)cc(Cl)c1. The lowest BCUT2D eigenvalue weighted by molar-refractivity contribution is -0.115. The van der Waals surface area contributed by atoms with Crippen molar-refractivity contribution in [2.45, 2.75) is 27.7 Å². The molecule has 0 aromatic heterocycles. The average molecular weight is 367 g/mol. The summed E-state index contributed by atoms with van der Waals surface area (Å²) in [6.07, 6.45) is 0. The molecule has 128 valence electrons. The summed E-state index contributed by atoms with van der Waals surface area (Å²) >= 11 is 11.6. The molecule has 2 rings (SSSR count).